The lowest BCUT2D eigenvalue weighted by Crippen LogP contribution is -2.34. The fourth-order valence-electron chi connectivity index (χ4n) is 3.78. The molecule has 1 saturated heterocycles. The molecule has 3 heterocycles. The van der Waals surface area contributed by atoms with Gasteiger partial charge in [-0.3, -0.25) is 9.88 Å². The molecule has 0 aliphatic carbocycles. The van der Waals surface area contributed by atoms with E-state index in [0.29, 0.717) is 11.5 Å². The zero-order valence-electron chi connectivity index (χ0n) is 16.5. The third-order valence-corrected chi connectivity index (χ3v) is 5.46. The van der Waals surface area contributed by atoms with Gasteiger partial charge in [0.05, 0.1) is 17.5 Å². The largest absolute Gasteiger partial charge is 0.478 e. The van der Waals surface area contributed by atoms with Gasteiger partial charge < -0.3 is 10.1 Å². The Morgan fingerprint density at radius 2 is 1.86 bits per heavy atom. The Hall–Kier alpha value is -3.06. The minimum atomic E-state index is -0.882. The van der Waals surface area contributed by atoms with Crippen LogP contribution in [0.3, 0.4) is 0 Å². The Morgan fingerprint density at radius 1 is 1.10 bits per heavy atom. The molecule has 1 aromatic carbocycles. The lowest BCUT2D eigenvalue weighted by molar-refractivity contribution is 0.0697. The van der Waals surface area contributed by atoms with Gasteiger partial charge in [-0.2, -0.15) is 0 Å². The van der Waals surface area contributed by atoms with Gasteiger partial charge in [0.15, 0.2) is 5.82 Å². The SMILES string of the molecule is Cc1cnc(-c2cnc(CC3CCN(Cc4ccc(C(=O)O)cc4)CC3)cn2)[nH]1. The number of aromatic amines is 1. The van der Waals surface area contributed by atoms with E-state index in [1.165, 1.54) is 0 Å². The molecular weight excluding hydrogens is 366 g/mol. The van der Waals surface area contributed by atoms with E-state index in [0.717, 1.165) is 67.4 Å². The van der Waals surface area contributed by atoms with Crippen LogP contribution >= 0.6 is 0 Å². The zero-order valence-corrected chi connectivity index (χ0v) is 16.5. The van der Waals surface area contributed by atoms with Gasteiger partial charge in [-0.1, -0.05) is 12.1 Å². The van der Waals surface area contributed by atoms with Crippen molar-refractivity contribution in [2.45, 2.75) is 32.7 Å². The standard InChI is InChI=1S/C22H25N5O2/c1-15-11-25-21(26-15)20-13-23-19(12-24-20)10-16-6-8-27(9-7-16)14-17-2-4-18(5-3-17)22(28)29/h2-5,11-13,16H,6-10,14H2,1H3,(H,25,26)(H,28,29). The van der Waals surface area contributed by atoms with Crippen LogP contribution in [0.1, 0.15) is 40.2 Å². The number of H-pyrrole nitrogens is 1. The van der Waals surface area contributed by atoms with Crippen LogP contribution in [0.5, 0.6) is 0 Å². The maximum atomic E-state index is 11.0. The summed E-state index contributed by atoms with van der Waals surface area (Å²) in [7, 11) is 0. The number of likely N-dealkylation sites (tertiary alicyclic amines) is 1. The number of carboxylic acid groups (broad SMARTS) is 1. The fourth-order valence-corrected chi connectivity index (χ4v) is 3.78. The molecule has 7 nitrogen and oxygen atoms in total. The minimum absolute atomic E-state index is 0.335. The highest BCUT2D eigenvalue weighted by Crippen LogP contribution is 2.23. The Balaban J connectivity index is 1.27. The van der Waals surface area contributed by atoms with Crippen LogP contribution in [0.4, 0.5) is 0 Å². The van der Waals surface area contributed by atoms with E-state index in [4.69, 9.17) is 5.11 Å². The number of hydrogen-bond acceptors (Lipinski definition) is 5. The highest BCUT2D eigenvalue weighted by Gasteiger charge is 2.20. The minimum Gasteiger partial charge on any atom is -0.478 e. The highest BCUT2D eigenvalue weighted by atomic mass is 16.4. The molecule has 2 N–H and O–H groups in total. The fraction of sp³-hybridized carbons (Fsp3) is 0.364. The van der Waals surface area contributed by atoms with E-state index in [1.807, 2.05) is 25.3 Å². The topological polar surface area (TPSA) is 95.0 Å². The molecule has 3 aromatic rings. The number of carbonyl (C=O) groups is 1. The molecule has 150 valence electrons. The summed E-state index contributed by atoms with van der Waals surface area (Å²) in [5.41, 5.74) is 4.30. The summed E-state index contributed by atoms with van der Waals surface area (Å²) in [6, 6.07) is 7.17. The van der Waals surface area contributed by atoms with Crippen LogP contribution in [0.25, 0.3) is 11.5 Å². The molecule has 7 heteroatoms. The average molecular weight is 391 g/mol. The van der Waals surface area contributed by atoms with Gasteiger partial charge in [-0.25, -0.2) is 14.8 Å². The average Bonchev–Trinajstić information content (AvgIpc) is 3.17. The monoisotopic (exact) mass is 391 g/mol. The first-order valence-corrected chi connectivity index (χ1v) is 9.94. The van der Waals surface area contributed by atoms with Gasteiger partial charge in [0.25, 0.3) is 0 Å². The molecule has 0 spiro atoms. The molecule has 2 aromatic heterocycles. The smallest absolute Gasteiger partial charge is 0.335 e. The van der Waals surface area contributed by atoms with E-state index in [9.17, 15) is 4.79 Å². The Kier molecular flexibility index (Phi) is 5.67. The zero-order chi connectivity index (χ0) is 20.2. The summed E-state index contributed by atoms with van der Waals surface area (Å²) in [6.45, 7) is 4.92. The predicted octanol–water partition coefficient (Wildman–Crippen LogP) is 3.33. The van der Waals surface area contributed by atoms with Crippen LogP contribution in [0, 0.1) is 12.8 Å². The van der Waals surface area contributed by atoms with Crippen molar-refractivity contribution < 1.29 is 9.90 Å². The number of rotatable bonds is 6. The molecule has 4 rings (SSSR count). The van der Waals surface area contributed by atoms with Gasteiger partial charge >= 0.3 is 5.97 Å². The van der Waals surface area contributed by atoms with Crippen molar-refractivity contribution in [1.82, 2.24) is 24.8 Å². The molecule has 0 radical (unpaired) electrons. The van der Waals surface area contributed by atoms with Crippen molar-refractivity contribution in [3.63, 3.8) is 0 Å². The number of aryl methyl sites for hydroxylation is 1. The van der Waals surface area contributed by atoms with E-state index in [1.54, 1.807) is 24.5 Å². The first kappa shape index (κ1) is 19.3. The number of aromatic carboxylic acids is 1. The van der Waals surface area contributed by atoms with Crippen molar-refractivity contribution in [2.24, 2.45) is 5.92 Å². The second-order valence-corrected chi connectivity index (χ2v) is 7.73. The number of nitrogens with one attached hydrogen (secondary N) is 1. The van der Waals surface area contributed by atoms with Crippen LogP contribution in [-0.4, -0.2) is 49.0 Å². The van der Waals surface area contributed by atoms with Gasteiger partial charge in [0.1, 0.15) is 5.69 Å². The predicted molar refractivity (Wildman–Crippen MR) is 109 cm³/mol. The van der Waals surface area contributed by atoms with Crippen molar-refractivity contribution in [1.29, 1.82) is 0 Å². The Bertz CT molecular complexity index is 958. The van der Waals surface area contributed by atoms with Crippen LogP contribution < -0.4 is 0 Å². The molecule has 0 amide bonds. The highest BCUT2D eigenvalue weighted by molar-refractivity contribution is 5.87. The van der Waals surface area contributed by atoms with E-state index >= 15 is 0 Å². The lowest BCUT2D eigenvalue weighted by Gasteiger charge is -2.31. The van der Waals surface area contributed by atoms with Crippen LogP contribution in [0.15, 0.2) is 42.9 Å². The lowest BCUT2D eigenvalue weighted by atomic mass is 9.92. The Labute approximate surface area is 169 Å². The van der Waals surface area contributed by atoms with E-state index < -0.39 is 5.97 Å². The number of hydrogen-bond donors (Lipinski definition) is 2. The van der Waals surface area contributed by atoms with Crippen LogP contribution in [-0.2, 0) is 13.0 Å². The molecule has 1 aliphatic heterocycles. The van der Waals surface area contributed by atoms with Gasteiger partial charge in [0, 0.05) is 24.6 Å². The maximum absolute atomic E-state index is 11.0. The quantitative estimate of drug-likeness (QED) is 0.669. The Morgan fingerprint density at radius 3 is 2.45 bits per heavy atom. The number of piperidine rings is 1. The third-order valence-electron chi connectivity index (χ3n) is 5.46. The molecule has 0 unspecified atom stereocenters. The van der Waals surface area contributed by atoms with Gasteiger partial charge in [-0.15, -0.1) is 0 Å². The third kappa shape index (κ3) is 4.86. The van der Waals surface area contributed by atoms with Crippen molar-refractivity contribution in [2.75, 3.05) is 13.1 Å². The van der Waals surface area contributed by atoms with Gasteiger partial charge in [-0.05, 0) is 62.9 Å². The summed E-state index contributed by atoms with van der Waals surface area (Å²) in [6.07, 6.45) is 8.67. The second kappa shape index (κ2) is 8.53. The summed E-state index contributed by atoms with van der Waals surface area (Å²) in [4.78, 5) is 30.0. The number of nitrogens with zero attached hydrogens (tertiary/aromatic N) is 4. The normalized spacial score (nSPS) is 15.5. The van der Waals surface area contributed by atoms with Crippen molar-refractivity contribution >= 4 is 5.97 Å². The maximum Gasteiger partial charge on any atom is 0.335 e. The first-order chi connectivity index (χ1) is 14.1. The molecule has 0 bridgehead atoms. The summed E-state index contributed by atoms with van der Waals surface area (Å²) in [5, 5.41) is 9.00. The molecule has 1 fully saturated rings. The molecular formula is C22H25N5O2. The number of imidazole rings is 1. The molecule has 0 atom stereocenters. The summed E-state index contributed by atoms with van der Waals surface area (Å²) < 4.78 is 0. The number of carboxylic acids is 1. The first-order valence-electron chi connectivity index (χ1n) is 9.94. The van der Waals surface area contributed by atoms with E-state index in [-0.39, 0.29) is 0 Å². The molecule has 1 aliphatic rings. The number of benzene rings is 1. The van der Waals surface area contributed by atoms with E-state index in [2.05, 4.69) is 24.8 Å². The van der Waals surface area contributed by atoms with Crippen LogP contribution in [0.2, 0.25) is 0 Å². The number of aromatic nitrogens is 4. The van der Waals surface area contributed by atoms with Crippen molar-refractivity contribution in [3.8, 4) is 11.5 Å². The summed E-state index contributed by atoms with van der Waals surface area (Å²) >= 11 is 0. The molecule has 0 saturated carbocycles. The van der Waals surface area contributed by atoms with Gasteiger partial charge in [0.2, 0.25) is 0 Å². The summed E-state index contributed by atoms with van der Waals surface area (Å²) in [5.74, 6) is 0.491. The second-order valence-electron chi connectivity index (χ2n) is 7.73. The van der Waals surface area contributed by atoms with Crippen molar-refractivity contribution in [3.05, 3.63) is 65.4 Å². The molecule has 29 heavy (non-hydrogen) atoms.